The number of aliphatic hydroxyl groups excluding tert-OH is 1. The number of nitrogens with zero attached hydrogens (tertiary/aromatic N) is 1. The molecule has 0 aromatic heterocycles. The second-order valence-electron chi connectivity index (χ2n) is 8.82. The Hall–Kier alpha value is -3.86. The fraction of sp³-hybridized carbons (Fsp3) is 0.214. The largest absolute Gasteiger partial charge is 0.507 e. The summed E-state index contributed by atoms with van der Waals surface area (Å²) in [6.45, 7) is 5.90. The van der Waals surface area contributed by atoms with Gasteiger partial charge in [-0.1, -0.05) is 42.0 Å². The molecule has 166 valence electrons. The first-order valence-corrected chi connectivity index (χ1v) is 11.1. The molecule has 5 nitrogen and oxygen atoms in total. The minimum Gasteiger partial charge on any atom is -0.507 e. The Morgan fingerprint density at radius 3 is 2.45 bits per heavy atom. The average molecular weight is 440 g/mol. The molecule has 1 N–H and O–H groups in total. The van der Waals surface area contributed by atoms with Gasteiger partial charge >= 0.3 is 0 Å². The van der Waals surface area contributed by atoms with Crippen LogP contribution in [0.3, 0.4) is 0 Å². The van der Waals surface area contributed by atoms with Gasteiger partial charge in [-0.25, -0.2) is 0 Å². The summed E-state index contributed by atoms with van der Waals surface area (Å²) in [5, 5.41) is 11.4. The molecule has 1 amide bonds. The van der Waals surface area contributed by atoms with Crippen LogP contribution < -0.4 is 9.64 Å². The van der Waals surface area contributed by atoms with Gasteiger partial charge in [0.15, 0.2) is 0 Å². The van der Waals surface area contributed by atoms with E-state index in [-0.39, 0.29) is 17.4 Å². The molecular weight excluding hydrogens is 414 g/mol. The standard InChI is InChI=1S/C28H25NO4/c1-16-8-11-21(12-9-16)29-25(22-7-5-4-6-17(22)2)24(27(31)28(29)32)26(30)19-10-13-23-20(15-19)14-18(3)33-23/h4-13,15,18,25,30H,14H2,1-3H3/b26-24+. The smallest absolute Gasteiger partial charge is 0.300 e. The fourth-order valence-corrected chi connectivity index (χ4v) is 4.72. The molecule has 2 atom stereocenters. The molecule has 5 heteroatoms. The first-order chi connectivity index (χ1) is 15.8. The van der Waals surface area contributed by atoms with E-state index < -0.39 is 17.7 Å². The summed E-state index contributed by atoms with van der Waals surface area (Å²) in [4.78, 5) is 28.1. The van der Waals surface area contributed by atoms with Crippen LogP contribution in [-0.2, 0) is 16.0 Å². The SMILES string of the molecule is Cc1ccc(N2C(=O)C(=O)/C(=C(/O)c3ccc4c(c3)CC(C)O4)C2c2ccccc2C)cc1. The first-order valence-electron chi connectivity index (χ1n) is 11.1. The Bertz CT molecular complexity index is 1310. The molecule has 3 aromatic rings. The van der Waals surface area contributed by atoms with Crippen molar-refractivity contribution in [2.75, 3.05) is 4.90 Å². The summed E-state index contributed by atoms with van der Waals surface area (Å²) in [7, 11) is 0. The third-order valence-electron chi connectivity index (χ3n) is 6.41. The first kappa shape index (κ1) is 21.0. The zero-order valence-corrected chi connectivity index (χ0v) is 18.8. The van der Waals surface area contributed by atoms with Gasteiger partial charge in [0.1, 0.15) is 17.6 Å². The van der Waals surface area contributed by atoms with Crippen molar-refractivity contribution in [1.29, 1.82) is 0 Å². The number of aryl methyl sites for hydroxylation is 2. The quantitative estimate of drug-likeness (QED) is 0.344. The Balaban J connectivity index is 1.70. The maximum absolute atomic E-state index is 13.3. The topological polar surface area (TPSA) is 66.8 Å². The number of ketones is 1. The van der Waals surface area contributed by atoms with Gasteiger partial charge in [-0.05, 0) is 67.8 Å². The van der Waals surface area contributed by atoms with E-state index in [4.69, 9.17) is 4.74 Å². The van der Waals surface area contributed by atoms with Gasteiger partial charge in [0.05, 0.1) is 11.6 Å². The van der Waals surface area contributed by atoms with Crippen LogP contribution in [0.5, 0.6) is 5.75 Å². The van der Waals surface area contributed by atoms with Crippen molar-refractivity contribution in [2.24, 2.45) is 0 Å². The summed E-state index contributed by atoms with van der Waals surface area (Å²) >= 11 is 0. The Labute approximate surface area is 192 Å². The second kappa shape index (κ2) is 7.93. The summed E-state index contributed by atoms with van der Waals surface area (Å²) in [5.74, 6) is -0.716. The zero-order chi connectivity index (χ0) is 23.3. The molecule has 0 saturated carbocycles. The summed E-state index contributed by atoms with van der Waals surface area (Å²) in [6, 6.07) is 19.8. The number of anilines is 1. The van der Waals surface area contributed by atoms with E-state index in [0.717, 1.165) is 34.4 Å². The Morgan fingerprint density at radius 2 is 1.73 bits per heavy atom. The maximum atomic E-state index is 13.3. The van der Waals surface area contributed by atoms with Crippen LogP contribution in [0.15, 0.2) is 72.3 Å². The molecule has 1 saturated heterocycles. The predicted octanol–water partition coefficient (Wildman–Crippen LogP) is 5.25. The second-order valence-corrected chi connectivity index (χ2v) is 8.82. The van der Waals surface area contributed by atoms with Gasteiger partial charge in [0.25, 0.3) is 11.7 Å². The molecule has 0 spiro atoms. The van der Waals surface area contributed by atoms with E-state index in [1.165, 1.54) is 4.90 Å². The van der Waals surface area contributed by atoms with Gasteiger partial charge in [-0.15, -0.1) is 0 Å². The highest BCUT2D eigenvalue weighted by molar-refractivity contribution is 6.51. The molecule has 2 aliphatic rings. The highest BCUT2D eigenvalue weighted by Crippen LogP contribution is 2.43. The molecule has 0 bridgehead atoms. The minimum absolute atomic E-state index is 0.0662. The van der Waals surface area contributed by atoms with E-state index in [1.807, 2.05) is 81.4 Å². The Kier molecular flexibility index (Phi) is 5.05. The number of amides is 1. The number of carbonyl (C=O) groups excluding carboxylic acids is 2. The van der Waals surface area contributed by atoms with Crippen LogP contribution in [0, 0.1) is 13.8 Å². The number of hydrogen-bond donors (Lipinski definition) is 1. The van der Waals surface area contributed by atoms with Crippen LogP contribution in [0.25, 0.3) is 5.76 Å². The normalized spacial score (nSPS) is 21.2. The average Bonchev–Trinajstić information content (AvgIpc) is 3.30. The number of carbonyl (C=O) groups is 2. The number of benzene rings is 3. The van der Waals surface area contributed by atoms with E-state index >= 15 is 0 Å². The maximum Gasteiger partial charge on any atom is 0.300 e. The fourth-order valence-electron chi connectivity index (χ4n) is 4.72. The minimum atomic E-state index is -0.725. The van der Waals surface area contributed by atoms with Crippen molar-refractivity contribution in [2.45, 2.75) is 39.3 Å². The van der Waals surface area contributed by atoms with E-state index in [0.29, 0.717) is 11.3 Å². The lowest BCUT2D eigenvalue weighted by atomic mass is 9.92. The highest BCUT2D eigenvalue weighted by Gasteiger charge is 2.47. The van der Waals surface area contributed by atoms with Crippen molar-refractivity contribution in [3.63, 3.8) is 0 Å². The van der Waals surface area contributed by atoms with Crippen molar-refractivity contribution in [1.82, 2.24) is 0 Å². The van der Waals surface area contributed by atoms with Gasteiger partial charge in [-0.3, -0.25) is 14.5 Å². The lowest BCUT2D eigenvalue weighted by Crippen LogP contribution is -2.29. The van der Waals surface area contributed by atoms with Gasteiger partial charge < -0.3 is 9.84 Å². The molecule has 33 heavy (non-hydrogen) atoms. The highest BCUT2D eigenvalue weighted by atomic mass is 16.5. The van der Waals surface area contributed by atoms with Crippen LogP contribution in [0.4, 0.5) is 5.69 Å². The van der Waals surface area contributed by atoms with Crippen molar-refractivity contribution < 1.29 is 19.4 Å². The number of ether oxygens (including phenoxy) is 1. The van der Waals surface area contributed by atoms with Gasteiger partial charge in [0.2, 0.25) is 0 Å². The van der Waals surface area contributed by atoms with Crippen LogP contribution >= 0.6 is 0 Å². The molecule has 2 aliphatic heterocycles. The molecule has 3 aromatic carbocycles. The third-order valence-corrected chi connectivity index (χ3v) is 6.41. The monoisotopic (exact) mass is 439 g/mol. The predicted molar refractivity (Wildman–Crippen MR) is 127 cm³/mol. The Morgan fingerprint density at radius 1 is 1.00 bits per heavy atom. The molecule has 1 fully saturated rings. The lowest BCUT2D eigenvalue weighted by Gasteiger charge is -2.26. The van der Waals surface area contributed by atoms with E-state index in [2.05, 4.69) is 0 Å². The van der Waals surface area contributed by atoms with Crippen molar-refractivity contribution in [3.8, 4) is 5.75 Å². The van der Waals surface area contributed by atoms with Crippen molar-refractivity contribution in [3.05, 3.63) is 100 Å². The molecule has 2 unspecified atom stereocenters. The number of fused-ring (bicyclic) bond motifs is 1. The molecule has 5 rings (SSSR count). The number of aliphatic hydroxyl groups is 1. The van der Waals surface area contributed by atoms with Gasteiger partial charge in [-0.2, -0.15) is 0 Å². The molecule has 0 radical (unpaired) electrons. The molecule has 2 heterocycles. The summed E-state index contributed by atoms with van der Waals surface area (Å²) in [5.41, 5.74) is 4.99. The third kappa shape index (κ3) is 3.50. The van der Waals surface area contributed by atoms with E-state index in [1.54, 1.807) is 6.07 Å². The number of rotatable bonds is 3. The van der Waals surface area contributed by atoms with Crippen LogP contribution in [0.1, 0.15) is 40.8 Å². The number of Topliss-reactive ketones (excluding diaryl/α,β-unsaturated/α-hetero) is 1. The summed E-state index contributed by atoms with van der Waals surface area (Å²) < 4.78 is 5.77. The van der Waals surface area contributed by atoms with Gasteiger partial charge in [0, 0.05) is 17.7 Å². The summed E-state index contributed by atoms with van der Waals surface area (Å²) in [6.07, 6.45) is 0.798. The lowest BCUT2D eigenvalue weighted by molar-refractivity contribution is -0.132. The zero-order valence-electron chi connectivity index (χ0n) is 18.8. The van der Waals surface area contributed by atoms with Crippen LogP contribution in [-0.4, -0.2) is 22.9 Å². The number of hydrogen-bond acceptors (Lipinski definition) is 4. The van der Waals surface area contributed by atoms with Crippen LogP contribution in [0.2, 0.25) is 0 Å². The molecular formula is C28H25NO4. The molecule has 0 aliphatic carbocycles. The van der Waals surface area contributed by atoms with E-state index in [9.17, 15) is 14.7 Å². The van der Waals surface area contributed by atoms with Crippen molar-refractivity contribution >= 4 is 23.1 Å².